The molecule has 1 saturated heterocycles. The molecule has 4 nitrogen and oxygen atoms in total. The van der Waals surface area contributed by atoms with Crippen molar-refractivity contribution < 1.29 is 4.79 Å². The molecular weight excluding hydrogens is 238 g/mol. The number of carbonyl (C=O) groups excluding carboxylic acids is 1. The maximum Gasteiger partial charge on any atom is 0.238 e. The number of hydrogen-bond donors (Lipinski definition) is 2. The molecule has 1 amide bonds. The van der Waals surface area contributed by atoms with Crippen LogP contribution in [-0.4, -0.2) is 23.9 Å². The third-order valence-corrected chi connectivity index (χ3v) is 3.90. The van der Waals surface area contributed by atoms with Gasteiger partial charge in [0.05, 0.1) is 6.42 Å². The lowest BCUT2D eigenvalue weighted by Crippen LogP contribution is -2.34. The Kier molecular flexibility index (Phi) is 4.93. The van der Waals surface area contributed by atoms with Gasteiger partial charge in [-0.15, -0.1) is 0 Å². The highest BCUT2D eigenvalue weighted by molar-refractivity contribution is 5.78. The molecule has 0 unspecified atom stereocenters. The van der Waals surface area contributed by atoms with Crippen molar-refractivity contribution in [3.8, 4) is 0 Å². The van der Waals surface area contributed by atoms with E-state index < -0.39 is 0 Å². The van der Waals surface area contributed by atoms with E-state index in [1.54, 1.807) is 0 Å². The van der Waals surface area contributed by atoms with Gasteiger partial charge in [-0.2, -0.15) is 0 Å². The summed E-state index contributed by atoms with van der Waals surface area (Å²) in [6.45, 7) is 5.55. The van der Waals surface area contributed by atoms with E-state index >= 15 is 0 Å². The van der Waals surface area contributed by atoms with Crippen molar-refractivity contribution in [3.05, 3.63) is 35.4 Å². The lowest BCUT2D eigenvalue weighted by Gasteiger charge is -2.30. The number of nitrogens with two attached hydrogens (primary N) is 1. The molecular formula is C15H23N3O. The van der Waals surface area contributed by atoms with Gasteiger partial charge in [0.1, 0.15) is 0 Å². The maximum atomic E-state index is 11.4. The molecule has 0 aromatic heterocycles. The van der Waals surface area contributed by atoms with Gasteiger partial charge in [-0.1, -0.05) is 31.2 Å². The Morgan fingerprint density at radius 1 is 1.32 bits per heavy atom. The fourth-order valence-electron chi connectivity index (χ4n) is 2.57. The molecule has 1 aliphatic heterocycles. The summed E-state index contributed by atoms with van der Waals surface area (Å²) in [6, 6.07) is 8.13. The number of nitrogens with zero attached hydrogens (tertiary/aromatic N) is 1. The predicted octanol–water partition coefficient (Wildman–Crippen LogP) is 1.45. The number of nitrogens with one attached hydrogen (secondary N) is 1. The van der Waals surface area contributed by atoms with E-state index in [-0.39, 0.29) is 5.91 Å². The van der Waals surface area contributed by atoms with Crippen LogP contribution in [-0.2, 0) is 17.8 Å². The Labute approximate surface area is 114 Å². The first-order valence-electron chi connectivity index (χ1n) is 6.97. The van der Waals surface area contributed by atoms with Gasteiger partial charge in [-0.25, -0.2) is 5.84 Å². The first-order valence-corrected chi connectivity index (χ1v) is 6.97. The van der Waals surface area contributed by atoms with E-state index in [0.717, 1.165) is 31.1 Å². The number of amides is 1. The molecule has 1 aliphatic rings. The summed E-state index contributed by atoms with van der Waals surface area (Å²) in [5, 5.41) is 0. The number of rotatable bonds is 4. The van der Waals surface area contributed by atoms with Crippen LogP contribution in [0, 0.1) is 5.92 Å². The topological polar surface area (TPSA) is 58.4 Å². The second-order valence-electron chi connectivity index (χ2n) is 5.47. The summed E-state index contributed by atoms with van der Waals surface area (Å²) in [7, 11) is 0. The van der Waals surface area contributed by atoms with Crippen molar-refractivity contribution in [1.82, 2.24) is 10.3 Å². The molecule has 0 radical (unpaired) electrons. The zero-order chi connectivity index (χ0) is 13.7. The lowest BCUT2D eigenvalue weighted by molar-refractivity contribution is -0.120. The van der Waals surface area contributed by atoms with Crippen molar-refractivity contribution >= 4 is 5.91 Å². The molecule has 2 rings (SSSR count). The van der Waals surface area contributed by atoms with Crippen LogP contribution in [0.1, 0.15) is 30.9 Å². The monoisotopic (exact) mass is 261 g/mol. The van der Waals surface area contributed by atoms with Gasteiger partial charge in [0.25, 0.3) is 0 Å². The quantitative estimate of drug-likeness (QED) is 0.490. The summed E-state index contributed by atoms with van der Waals surface area (Å²) >= 11 is 0. The zero-order valence-corrected chi connectivity index (χ0v) is 11.6. The molecule has 3 N–H and O–H groups in total. The van der Waals surface area contributed by atoms with Gasteiger partial charge < -0.3 is 0 Å². The Balaban J connectivity index is 2.01. The van der Waals surface area contributed by atoms with Gasteiger partial charge in [0.2, 0.25) is 5.91 Å². The van der Waals surface area contributed by atoms with Gasteiger partial charge in [0, 0.05) is 6.54 Å². The molecule has 0 saturated carbocycles. The predicted molar refractivity (Wildman–Crippen MR) is 76.2 cm³/mol. The second kappa shape index (κ2) is 6.68. The van der Waals surface area contributed by atoms with Gasteiger partial charge >= 0.3 is 0 Å². The van der Waals surface area contributed by atoms with Crippen LogP contribution in [0.4, 0.5) is 0 Å². The minimum atomic E-state index is -0.139. The van der Waals surface area contributed by atoms with Gasteiger partial charge in [0.15, 0.2) is 0 Å². The van der Waals surface area contributed by atoms with Crippen molar-refractivity contribution in [2.75, 3.05) is 13.1 Å². The minimum absolute atomic E-state index is 0.139. The molecule has 19 heavy (non-hydrogen) atoms. The summed E-state index contributed by atoms with van der Waals surface area (Å²) in [4.78, 5) is 13.9. The summed E-state index contributed by atoms with van der Waals surface area (Å²) < 4.78 is 0. The molecule has 0 spiro atoms. The minimum Gasteiger partial charge on any atom is -0.299 e. The Morgan fingerprint density at radius 2 is 1.95 bits per heavy atom. The number of hydrogen-bond acceptors (Lipinski definition) is 3. The fraction of sp³-hybridized carbons (Fsp3) is 0.533. The molecule has 1 fully saturated rings. The van der Waals surface area contributed by atoms with E-state index in [0.29, 0.717) is 6.42 Å². The van der Waals surface area contributed by atoms with Crippen LogP contribution >= 0.6 is 0 Å². The molecule has 1 aromatic rings. The highest BCUT2D eigenvalue weighted by Gasteiger charge is 2.17. The number of piperidine rings is 1. The van der Waals surface area contributed by atoms with Crippen molar-refractivity contribution in [3.63, 3.8) is 0 Å². The summed E-state index contributed by atoms with van der Waals surface area (Å²) in [5.41, 5.74) is 4.51. The average Bonchev–Trinajstić information content (AvgIpc) is 2.43. The molecule has 0 bridgehead atoms. The van der Waals surface area contributed by atoms with E-state index in [1.165, 1.54) is 18.4 Å². The Morgan fingerprint density at radius 3 is 2.58 bits per heavy atom. The highest BCUT2D eigenvalue weighted by Crippen LogP contribution is 2.19. The standard InChI is InChI=1S/C15H23N3O/c1-12-6-8-18(9-7-12)11-14-5-3-2-4-13(14)10-15(19)17-16/h2-5,12H,6-11,16H2,1H3,(H,17,19). The van der Waals surface area contributed by atoms with Crippen LogP contribution in [0.2, 0.25) is 0 Å². The molecule has 0 atom stereocenters. The van der Waals surface area contributed by atoms with Gasteiger partial charge in [-0.3, -0.25) is 15.1 Å². The molecule has 0 aliphatic carbocycles. The van der Waals surface area contributed by atoms with Crippen LogP contribution in [0.5, 0.6) is 0 Å². The van der Waals surface area contributed by atoms with Crippen molar-refractivity contribution in [1.29, 1.82) is 0 Å². The Hall–Kier alpha value is -1.39. The number of benzene rings is 1. The van der Waals surface area contributed by atoms with Crippen LogP contribution in [0.15, 0.2) is 24.3 Å². The van der Waals surface area contributed by atoms with E-state index in [4.69, 9.17) is 5.84 Å². The summed E-state index contributed by atoms with van der Waals surface area (Å²) in [5.74, 6) is 5.86. The Bertz CT molecular complexity index is 425. The second-order valence-corrected chi connectivity index (χ2v) is 5.47. The third-order valence-electron chi connectivity index (χ3n) is 3.90. The van der Waals surface area contributed by atoms with Gasteiger partial charge in [-0.05, 0) is 43.0 Å². The molecule has 1 aromatic carbocycles. The zero-order valence-electron chi connectivity index (χ0n) is 11.6. The lowest BCUT2D eigenvalue weighted by atomic mass is 9.97. The average molecular weight is 261 g/mol. The third kappa shape index (κ3) is 4.04. The molecule has 1 heterocycles. The molecule has 4 heteroatoms. The first kappa shape index (κ1) is 14.0. The maximum absolute atomic E-state index is 11.4. The smallest absolute Gasteiger partial charge is 0.238 e. The largest absolute Gasteiger partial charge is 0.299 e. The van der Waals surface area contributed by atoms with Crippen molar-refractivity contribution in [2.45, 2.75) is 32.7 Å². The first-order chi connectivity index (χ1) is 9.19. The normalized spacial score (nSPS) is 17.4. The fourth-order valence-corrected chi connectivity index (χ4v) is 2.57. The molecule has 104 valence electrons. The van der Waals surface area contributed by atoms with Crippen molar-refractivity contribution in [2.24, 2.45) is 11.8 Å². The van der Waals surface area contributed by atoms with E-state index in [1.807, 2.05) is 18.2 Å². The SMILES string of the molecule is CC1CCN(Cc2ccccc2CC(=O)NN)CC1. The van der Waals surface area contributed by atoms with E-state index in [2.05, 4.69) is 23.3 Å². The highest BCUT2D eigenvalue weighted by atomic mass is 16.2. The number of hydrazine groups is 1. The van der Waals surface area contributed by atoms with Crippen LogP contribution in [0.3, 0.4) is 0 Å². The van der Waals surface area contributed by atoms with Crippen LogP contribution < -0.4 is 11.3 Å². The number of carbonyl (C=O) groups is 1. The van der Waals surface area contributed by atoms with E-state index in [9.17, 15) is 4.79 Å². The number of likely N-dealkylation sites (tertiary alicyclic amines) is 1. The summed E-state index contributed by atoms with van der Waals surface area (Å²) in [6.07, 6.45) is 2.90. The van der Waals surface area contributed by atoms with Crippen LogP contribution in [0.25, 0.3) is 0 Å².